The highest BCUT2D eigenvalue weighted by Gasteiger charge is 2.32. The molecule has 3 nitrogen and oxygen atoms in total. The monoisotopic (exact) mass is 642 g/mol. The molecule has 0 spiro atoms. The molecule has 1 aliphatic heterocycles. The average Bonchev–Trinajstić information content (AvgIpc) is 3.20. The van der Waals surface area contributed by atoms with Crippen molar-refractivity contribution in [2.45, 2.75) is 12.3 Å². The number of nitrogens with one attached hydrogen (secondary N) is 1. The quantitative estimate of drug-likeness (QED) is 0.186. The molecule has 0 aliphatic carbocycles. The molecule has 50 heavy (non-hydrogen) atoms. The van der Waals surface area contributed by atoms with Gasteiger partial charge in [0.2, 0.25) is 6.17 Å². The van der Waals surface area contributed by atoms with E-state index in [2.05, 4.69) is 199 Å². The number of rotatable bonds is 6. The van der Waals surface area contributed by atoms with Gasteiger partial charge in [0.1, 0.15) is 5.84 Å². The molecule has 1 heterocycles. The van der Waals surface area contributed by atoms with E-state index in [4.69, 9.17) is 4.99 Å². The number of hydrogen-bond donors (Lipinski definition) is 2. The van der Waals surface area contributed by atoms with Crippen LogP contribution in [0.25, 0.3) is 54.9 Å². The maximum atomic E-state index is 5.39. The van der Waals surface area contributed by atoms with Crippen LogP contribution in [0.5, 0.6) is 0 Å². The van der Waals surface area contributed by atoms with Crippen molar-refractivity contribution in [3.63, 3.8) is 0 Å². The molecule has 0 bridgehead atoms. The zero-order valence-electron chi connectivity index (χ0n) is 27.6. The van der Waals surface area contributed by atoms with Gasteiger partial charge in [0.25, 0.3) is 0 Å². The van der Waals surface area contributed by atoms with Crippen molar-refractivity contribution in [2.24, 2.45) is 4.99 Å². The molecule has 238 valence electrons. The van der Waals surface area contributed by atoms with E-state index in [1.54, 1.807) is 0 Å². The predicted molar refractivity (Wildman–Crippen MR) is 208 cm³/mol. The van der Waals surface area contributed by atoms with Gasteiger partial charge in [-0.15, -0.1) is 0 Å². The van der Waals surface area contributed by atoms with Crippen molar-refractivity contribution < 1.29 is 5.32 Å². The molecule has 8 aromatic carbocycles. The van der Waals surface area contributed by atoms with E-state index in [9.17, 15) is 0 Å². The number of quaternary nitrogens is 1. The van der Waals surface area contributed by atoms with Crippen LogP contribution in [-0.4, -0.2) is 5.84 Å². The first-order chi connectivity index (χ1) is 24.8. The number of fused-ring (bicyclic) bond motifs is 2. The van der Waals surface area contributed by atoms with Crippen LogP contribution in [0.1, 0.15) is 29.0 Å². The van der Waals surface area contributed by atoms with E-state index in [1.165, 1.54) is 66.1 Å². The summed E-state index contributed by atoms with van der Waals surface area (Å²) in [6.07, 6.45) is -0.266. The van der Waals surface area contributed by atoms with Crippen molar-refractivity contribution in [3.8, 4) is 33.4 Å². The first-order valence-electron chi connectivity index (χ1n) is 17.3. The molecule has 3 N–H and O–H groups in total. The SMILES string of the molecule is c1ccc(C2=NC(c3ccccc3-c3ccccc3)[NH2+]C(c3ccc(-c4cccc5ccccc45)cc3-c3cccc4ccccc34)N2)cc1. The molecule has 9 rings (SSSR count). The van der Waals surface area contributed by atoms with Gasteiger partial charge in [-0.2, -0.15) is 0 Å². The zero-order chi connectivity index (χ0) is 33.3. The normalized spacial score (nSPS) is 15.8. The molecule has 3 heteroatoms. The molecular formula is C47H36N3+. The van der Waals surface area contributed by atoms with Gasteiger partial charge in [-0.25, -0.2) is 4.99 Å². The summed E-state index contributed by atoms with van der Waals surface area (Å²) in [5.41, 5.74) is 10.8. The van der Waals surface area contributed by atoms with Crippen molar-refractivity contribution >= 4 is 27.4 Å². The standard InChI is InChI=1S/C47H35N3/c1-3-15-32(16-4-1)39-25-11-12-26-42(39)46-48-45(35-19-5-2-6-20-35)49-47(50-46)43-30-29-36(40-27-13-21-33-17-7-9-23-37(33)40)31-44(43)41-28-14-22-34-18-8-10-24-38(34)41/h1-31,46-47,50H,(H,48,49)/p+1. The van der Waals surface area contributed by atoms with Crippen molar-refractivity contribution in [2.75, 3.05) is 0 Å². The highest BCUT2D eigenvalue weighted by Crippen LogP contribution is 2.38. The summed E-state index contributed by atoms with van der Waals surface area (Å²) in [5.74, 6) is 0.896. The fraction of sp³-hybridized carbons (Fsp3) is 0.0426. The Bertz CT molecular complexity index is 2490. The minimum Gasteiger partial charge on any atom is -0.317 e. The van der Waals surface area contributed by atoms with Crippen LogP contribution in [-0.2, 0) is 0 Å². The van der Waals surface area contributed by atoms with E-state index in [0.29, 0.717) is 0 Å². The number of hydrogen-bond acceptors (Lipinski definition) is 2. The second-order valence-electron chi connectivity index (χ2n) is 12.9. The van der Waals surface area contributed by atoms with Crippen LogP contribution in [0.15, 0.2) is 193 Å². The van der Waals surface area contributed by atoms with Crippen LogP contribution in [0.3, 0.4) is 0 Å². The topological polar surface area (TPSA) is 41.0 Å². The molecule has 0 radical (unpaired) electrons. The summed E-state index contributed by atoms with van der Waals surface area (Å²) in [7, 11) is 0. The molecule has 2 atom stereocenters. The van der Waals surface area contributed by atoms with Gasteiger partial charge < -0.3 is 5.32 Å². The molecule has 0 fully saturated rings. The van der Waals surface area contributed by atoms with Crippen molar-refractivity contribution in [3.05, 3.63) is 205 Å². The molecule has 0 saturated heterocycles. The first-order valence-corrected chi connectivity index (χ1v) is 17.3. The lowest BCUT2D eigenvalue weighted by Gasteiger charge is -2.31. The summed E-state index contributed by atoms with van der Waals surface area (Å²) in [4.78, 5) is 5.39. The molecule has 0 aromatic heterocycles. The maximum Gasteiger partial charge on any atom is 0.210 e. The third kappa shape index (κ3) is 5.54. The van der Waals surface area contributed by atoms with E-state index in [1.807, 2.05) is 0 Å². The Balaban J connectivity index is 1.24. The number of nitrogens with zero attached hydrogens (tertiary/aromatic N) is 1. The van der Waals surface area contributed by atoms with E-state index >= 15 is 0 Å². The second-order valence-corrected chi connectivity index (χ2v) is 12.9. The number of benzene rings is 8. The lowest BCUT2D eigenvalue weighted by molar-refractivity contribution is -0.739. The smallest absolute Gasteiger partial charge is 0.210 e. The minimum absolute atomic E-state index is 0.105. The number of amidine groups is 1. The Morgan fingerprint density at radius 2 is 0.960 bits per heavy atom. The Hall–Kier alpha value is -6.29. The van der Waals surface area contributed by atoms with E-state index in [0.717, 1.165) is 11.4 Å². The lowest BCUT2D eigenvalue weighted by Crippen LogP contribution is -2.90. The zero-order valence-corrected chi connectivity index (χ0v) is 27.6. The molecular weight excluding hydrogens is 607 g/mol. The van der Waals surface area contributed by atoms with Crippen LogP contribution >= 0.6 is 0 Å². The van der Waals surface area contributed by atoms with Crippen LogP contribution in [0.4, 0.5) is 0 Å². The highest BCUT2D eigenvalue weighted by atomic mass is 15.3. The predicted octanol–water partition coefficient (Wildman–Crippen LogP) is 10.3. The second kappa shape index (κ2) is 13.0. The van der Waals surface area contributed by atoms with Crippen LogP contribution in [0.2, 0.25) is 0 Å². The molecule has 1 aliphatic rings. The minimum atomic E-state index is -0.161. The molecule has 0 amide bonds. The van der Waals surface area contributed by atoms with Crippen molar-refractivity contribution in [1.82, 2.24) is 5.32 Å². The van der Waals surface area contributed by atoms with E-state index < -0.39 is 0 Å². The summed E-state index contributed by atoms with van der Waals surface area (Å²) in [5, 5.41) is 11.2. The Morgan fingerprint density at radius 3 is 1.70 bits per heavy atom. The highest BCUT2D eigenvalue weighted by molar-refractivity contribution is 6.02. The first kappa shape index (κ1) is 29.8. The van der Waals surface area contributed by atoms with Crippen LogP contribution in [0, 0.1) is 0 Å². The van der Waals surface area contributed by atoms with Crippen molar-refractivity contribution in [1.29, 1.82) is 0 Å². The van der Waals surface area contributed by atoms with Gasteiger partial charge >= 0.3 is 0 Å². The molecule has 8 aromatic rings. The van der Waals surface area contributed by atoms with Gasteiger partial charge in [0, 0.05) is 16.7 Å². The van der Waals surface area contributed by atoms with Gasteiger partial charge in [-0.05, 0) is 67.1 Å². The maximum absolute atomic E-state index is 5.39. The van der Waals surface area contributed by atoms with Gasteiger partial charge in [0.15, 0.2) is 6.17 Å². The van der Waals surface area contributed by atoms with Gasteiger partial charge in [-0.1, -0.05) is 176 Å². The molecule has 2 unspecified atom stereocenters. The van der Waals surface area contributed by atoms with Gasteiger partial charge in [-0.3, -0.25) is 5.32 Å². The van der Waals surface area contributed by atoms with E-state index in [-0.39, 0.29) is 12.3 Å². The largest absolute Gasteiger partial charge is 0.317 e. The summed E-state index contributed by atoms with van der Waals surface area (Å²) in [6.45, 7) is 0. The average molecular weight is 643 g/mol. The lowest BCUT2D eigenvalue weighted by atomic mass is 9.89. The Labute approximate surface area is 292 Å². The Morgan fingerprint density at radius 1 is 0.400 bits per heavy atom. The number of aliphatic imine (C=N–C) groups is 1. The summed E-state index contributed by atoms with van der Waals surface area (Å²) < 4.78 is 0. The Kier molecular flexibility index (Phi) is 7.73. The third-order valence-electron chi connectivity index (χ3n) is 9.92. The molecule has 0 saturated carbocycles. The fourth-order valence-electron chi connectivity index (χ4n) is 7.51. The fourth-order valence-corrected chi connectivity index (χ4v) is 7.51. The van der Waals surface area contributed by atoms with Gasteiger partial charge in [0.05, 0.1) is 0 Å². The van der Waals surface area contributed by atoms with Crippen LogP contribution < -0.4 is 10.6 Å². The third-order valence-corrected chi connectivity index (χ3v) is 9.92. The summed E-state index contributed by atoms with van der Waals surface area (Å²) in [6, 6.07) is 67.5. The summed E-state index contributed by atoms with van der Waals surface area (Å²) >= 11 is 0. The number of nitrogens with two attached hydrogens (primary N) is 1.